The molecule has 2 saturated carbocycles. The van der Waals surface area contributed by atoms with Gasteiger partial charge in [-0.1, -0.05) is 0 Å². The van der Waals surface area contributed by atoms with E-state index in [1.807, 2.05) is 0 Å². The van der Waals surface area contributed by atoms with Crippen molar-refractivity contribution < 1.29 is 19.8 Å². The molecule has 0 amide bonds. The molecule has 2 rings (SSSR count). The molecule has 2 fully saturated rings. The van der Waals surface area contributed by atoms with Crippen molar-refractivity contribution in [2.45, 2.75) is 24.8 Å². The van der Waals surface area contributed by atoms with Gasteiger partial charge >= 0.3 is 11.9 Å². The average Bonchev–Trinajstić information content (AvgIpc) is 2.61. The molecule has 14 heavy (non-hydrogen) atoms. The number of carbonyl (C=O) groups is 2. The Morgan fingerprint density at radius 1 is 1.29 bits per heavy atom. The Bertz CT molecular complexity index is 303. The van der Waals surface area contributed by atoms with Crippen molar-refractivity contribution in [3.8, 4) is 0 Å². The van der Waals surface area contributed by atoms with E-state index in [0.717, 1.165) is 12.8 Å². The number of carboxylic acids is 2. The van der Waals surface area contributed by atoms with Crippen LogP contribution in [0.1, 0.15) is 19.3 Å². The molecule has 2 bridgehead atoms. The molecular weight excluding hydrogens is 186 g/mol. The molecule has 2 aliphatic carbocycles. The maximum absolute atomic E-state index is 11.0. The van der Waals surface area contributed by atoms with Crippen molar-refractivity contribution >= 4 is 11.9 Å². The van der Waals surface area contributed by atoms with E-state index in [0.29, 0.717) is 6.42 Å². The SMILES string of the molecule is N[C@@]1(C(=O)O)C2CCC(C2)[C@H]1C(=O)O. The minimum absolute atomic E-state index is 0.0430. The Kier molecular flexibility index (Phi) is 1.82. The summed E-state index contributed by atoms with van der Waals surface area (Å²) in [6.07, 6.45) is 2.20. The van der Waals surface area contributed by atoms with E-state index in [1.54, 1.807) is 0 Å². The van der Waals surface area contributed by atoms with Gasteiger partial charge in [0.05, 0.1) is 5.92 Å². The molecule has 0 radical (unpaired) electrons. The lowest BCUT2D eigenvalue weighted by Gasteiger charge is -2.34. The van der Waals surface area contributed by atoms with E-state index in [4.69, 9.17) is 15.9 Å². The second-order valence-electron chi connectivity index (χ2n) is 4.32. The average molecular weight is 199 g/mol. The molecule has 2 unspecified atom stereocenters. The topological polar surface area (TPSA) is 101 Å². The second-order valence-corrected chi connectivity index (χ2v) is 4.32. The summed E-state index contributed by atoms with van der Waals surface area (Å²) in [5.41, 5.74) is 4.22. The quantitative estimate of drug-likeness (QED) is 0.576. The molecule has 4 atom stereocenters. The van der Waals surface area contributed by atoms with Crippen LogP contribution in [0.15, 0.2) is 0 Å². The first-order valence-electron chi connectivity index (χ1n) is 4.73. The van der Waals surface area contributed by atoms with Crippen molar-refractivity contribution in [1.29, 1.82) is 0 Å². The molecule has 0 aromatic rings. The lowest BCUT2D eigenvalue weighted by molar-refractivity contribution is -0.158. The molecule has 4 N–H and O–H groups in total. The van der Waals surface area contributed by atoms with Gasteiger partial charge in [0.15, 0.2) is 0 Å². The fourth-order valence-corrected chi connectivity index (χ4v) is 3.11. The third kappa shape index (κ3) is 0.930. The van der Waals surface area contributed by atoms with E-state index >= 15 is 0 Å². The zero-order valence-corrected chi connectivity index (χ0v) is 7.64. The summed E-state index contributed by atoms with van der Waals surface area (Å²) in [5.74, 6) is -3.34. The van der Waals surface area contributed by atoms with E-state index in [-0.39, 0.29) is 11.8 Å². The highest BCUT2D eigenvalue weighted by Crippen LogP contribution is 2.53. The predicted molar refractivity (Wildman–Crippen MR) is 46.5 cm³/mol. The maximum atomic E-state index is 11.0. The van der Waals surface area contributed by atoms with Gasteiger partial charge < -0.3 is 15.9 Å². The first-order chi connectivity index (χ1) is 6.48. The van der Waals surface area contributed by atoms with Gasteiger partial charge in [0.25, 0.3) is 0 Å². The number of hydrogen-bond acceptors (Lipinski definition) is 3. The highest BCUT2D eigenvalue weighted by atomic mass is 16.4. The zero-order chi connectivity index (χ0) is 10.5. The van der Waals surface area contributed by atoms with Crippen LogP contribution in [0, 0.1) is 17.8 Å². The molecule has 0 aromatic carbocycles. The normalized spacial score (nSPS) is 45.4. The maximum Gasteiger partial charge on any atom is 0.324 e. The third-order valence-electron chi connectivity index (χ3n) is 3.77. The first-order valence-corrected chi connectivity index (χ1v) is 4.73. The summed E-state index contributed by atoms with van der Waals surface area (Å²) in [6, 6.07) is 0. The highest BCUT2D eigenvalue weighted by molar-refractivity contribution is 5.88. The van der Waals surface area contributed by atoms with Crippen LogP contribution in [0.2, 0.25) is 0 Å². The molecule has 5 heteroatoms. The zero-order valence-electron chi connectivity index (χ0n) is 7.64. The lowest BCUT2D eigenvalue weighted by atomic mass is 9.73. The van der Waals surface area contributed by atoms with E-state index in [9.17, 15) is 9.59 Å². The summed E-state index contributed by atoms with van der Waals surface area (Å²) < 4.78 is 0. The summed E-state index contributed by atoms with van der Waals surface area (Å²) in [6.45, 7) is 0. The van der Waals surface area contributed by atoms with Gasteiger partial charge in [-0.15, -0.1) is 0 Å². The van der Waals surface area contributed by atoms with Crippen LogP contribution in [0.5, 0.6) is 0 Å². The fourth-order valence-electron chi connectivity index (χ4n) is 3.11. The number of nitrogens with two attached hydrogens (primary N) is 1. The second kappa shape index (κ2) is 2.70. The van der Waals surface area contributed by atoms with E-state index in [2.05, 4.69) is 0 Å². The standard InChI is InChI=1S/C9H13NO4/c10-9(8(13)14)5-2-1-4(3-5)6(9)7(11)12/h4-6H,1-3,10H2,(H,11,12)(H,13,14)/t4?,5?,6-,9-/m0/s1. The Morgan fingerprint density at radius 3 is 2.36 bits per heavy atom. The Morgan fingerprint density at radius 2 is 1.93 bits per heavy atom. The number of rotatable bonds is 2. The smallest absolute Gasteiger partial charge is 0.324 e. The Labute approximate surface area is 80.9 Å². The molecule has 0 saturated heterocycles. The largest absolute Gasteiger partial charge is 0.481 e. The van der Waals surface area contributed by atoms with Crippen molar-refractivity contribution in [3.05, 3.63) is 0 Å². The highest BCUT2D eigenvalue weighted by Gasteiger charge is 2.63. The molecule has 78 valence electrons. The molecule has 0 heterocycles. The lowest BCUT2D eigenvalue weighted by Crippen LogP contribution is -2.60. The van der Waals surface area contributed by atoms with Gasteiger partial charge in [-0.3, -0.25) is 9.59 Å². The minimum Gasteiger partial charge on any atom is -0.481 e. The van der Waals surface area contributed by atoms with Crippen molar-refractivity contribution in [3.63, 3.8) is 0 Å². The summed E-state index contributed by atoms with van der Waals surface area (Å²) in [7, 11) is 0. The van der Waals surface area contributed by atoms with Crippen LogP contribution in [0.4, 0.5) is 0 Å². The summed E-state index contributed by atoms with van der Waals surface area (Å²) in [5, 5.41) is 18.0. The van der Waals surface area contributed by atoms with Crippen LogP contribution in [-0.2, 0) is 9.59 Å². The first kappa shape index (κ1) is 9.45. The van der Waals surface area contributed by atoms with Crippen LogP contribution in [-0.4, -0.2) is 27.7 Å². The van der Waals surface area contributed by atoms with Crippen LogP contribution >= 0.6 is 0 Å². The van der Waals surface area contributed by atoms with Crippen LogP contribution < -0.4 is 5.73 Å². The molecule has 2 aliphatic rings. The Hall–Kier alpha value is -1.10. The Balaban J connectivity index is 2.39. The summed E-state index contributed by atoms with van der Waals surface area (Å²) >= 11 is 0. The molecule has 0 spiro atoms. The number of aliphatic carboxylic acids is 2. The van der Waals surface area contributed by atoms with Gasteiger partial charge in [-0.05, 0) is 31.1 Å². The van der Waals surface area contributed by atoms with Crippen molar-refractivity contribution in [2.75, 3.05) is 0 Å². The van der Waals surface area contributed by atoms with Gasteiger partial charge in [0.2, 0.25) is 0 Å². The minimum atomic E-state index is -1.53. The third-order valence-corrected chi connectivity index (χ3v) is 3.77. The number of hydrogen-bond donors (Lipinski definition) is 3. The van der Waals surface area contributed by atoms with E-state index < -0.39 is 23.4 Å². The van der Waals surface area contributed by atoms with Crippen molar-refractivity contribution in [2.24, 2.45) is 23.5 Å². The predicted octanol–water partition coefficient (Wildman–Crippen LogP) is -0.101. The summed E-state index contributed by atoms with van der Waals surface area (Å²) in [4.78, 5) is 22.0. The van der Waals surface area contributed by atoms with Gasteiger partial charge in [-0.25, -0.2) is 0 Å². The number of carboxylic acid groups (broad SMARTS) is 2. The molecular formula is C9H13NO4. The van der Waals surface area contributed by atoms with Crippen LogP contribution in [0.3, 0.4) is 0 Å². The molecule has 0 aliphatic heterocycles. The van der Waals surface area contributed by atoms with Crippen molar-refractivity contribution in [1.82, 2.24) is 0 Å². The molecule has 5 nitrogen and oxygen atoms in total. The fraction of sp³-hybridized carbons (Fsp3) is 0.778. The monoisotopic (exact) mass is 199 g/mol. The van der Waals surface area contributed by atoms with Crippen LogP contribution in [0.25, 0.3) is 0 Å². The van der Waals surface area contributed by atoms with E-state index in [1.165, 1.54) is 0 Å². The molecule has 0 aromatic heterocycles. The van der Waals surface area contributed by atoms with Gasteiger partial charge in [0.1, 0.15) is 5.54 Å². The number of fused-ring (bicyclic) bond motifs is 2. The van der Waals surface area contributed by atoms with Gasteiger partial charge in [0, 0.05) is 0 Å². The van der Waals surface area contributed by atoms with Gasteiger partial charge in [-0.2, -0.15) is 0 Å².